The molecule has 10 rings (SSSR count). The first-order chi connectivity index (χ1) is 25.2. The fourth-order valence-electron chi connectivity index (χ4n) is 7.18. The highest BCUT2D eigenvalue weighted by Crippen LogP contribution is 2.41. The van der Waals surface area contributed by atoms with Gasteiger partial charge in [-0.2, -0.15) is 0 Å². The maximum absolute atomic E-state index is 6.63. The van der Waals surface area contributed by atoms with E-state index >= 15 is 0 Å². The summed E-state index contributed by atoms with van der Waals surface area (Å²) in [6.07, 6.45) is 0. The number of aromatic nitrogens is 3. The largest absolute Gasteiger partial charge is 0.456 e. The Morgan fingerprint density at radius 2 is 0.824 bits per heavy atom. The molecule has 4 heteroatoms. The van der Waals surface area contributed by atoms with Crippen LogP contribution in [-0.4, -0.2) is 15.0 Å². The molecule has 0 unspecified atom stereocenters. The summed E-state index contributed by atoms with van der Waals surface area (Å²) < 4.78 is 6.63. The maximum Gasteiger partial charge on any atom is 0.164 e. The van der Waals surface area contributed by atoms with E-state index in [0.29, 0.717) is 17.5 Å². The molecule has 0 radical (unpaired) electrons. The Hall–Kier alpha value is -6.91. The predicted molar refractivity (Wildman–Crippen MR) is 209 cm³/mol. The summed E-state index contributed by atoms with van der Waals surface area (Å²) in [4.78, 5) is 15.1. The van der Waals surface area contributed by atoms with Gasteiger partial charge in [0.1, 0.15) is 11.2 Å². The van der Waals surface area contributed by atoms with Gasteiger partial charge in [0.15, 0.2) is 17.5 Å². The Labute approximate surface area is 294 Å². The summed E-state index contributed by atoms with van der Waals surface area (Å²) in [6, 6.07) is 61.1. The number of nitrogens with zero attached hydrogens (tertiary/aromatic N) is 3. The van der Waals surface area contributed by atoms with Crippen molar-refractivity contribution in [1.82, 2.24) is 15.0 Å². The average Bonchev–Trinajstić information content (AvgIpc) is 3.59. The number of rotatable bonds is 5. The van der Waals surface area contributed by atoms with Crippen LogP contribution >= 0.6 is 0 Å². The Morgan fingerprint density at radius 3 is 1.51 bits per heavy atom. The highest BCUT2D eigenvalue weighted by atomic mass is 16.3. The minimum atomic E-state index is 0.593. The minimum absolute atomic E-state index is 0.593. The molecule has 0 bridgehead atoms. The van der Waals surface area contributed by atoms with Crippen LogP contribution in [0.3, 0.4) is 0 Å². The molecule has 0 aliphatic heterocycles. The van der Waals surface area contributed by atoms with Crippen LogP contribution in [0.25, 0.3) is 99.9 Å². The van der Waals surface area contributed by atoms with Gasteiger partial charge in [0, 0.05) is 27.5 Å². The molecule has 0 atom stereocenters. The van der Waals surface area contributed by atoms with E-state index in [1.165, 1.54) is 21.9 Å². The normalized spacial score (nSPS) is 11.5. The minimum Gasteiger partial charge on any atom is -0.456 e. The van der Waals surface area contributed by atoms with Gasteiger partial charge in [-0.3, -0.25) is 0 Å². The zero-order chi connectivity index (χ0) is 33.7. The molecule has 10 aromatic rings. The molecule has 2 heterocycles. The molecular weight excluding hydrogens is 623 g/mol. The van der Waals surface area contributed by atoms with Gasteiger partial charge >= 0.3 is 0 Å². The van der Waals surface area contributed by atoms with Gasteiger partial charge in [0.25, 0.3) is 0 Å². The van der Waals surface area contributed by atoms with Crippen molar-refractivity contribution in [2.45, 2.75) is 0 Å². The van der Waals surface area contributed by atoms with Crippen LogP contribution in [-0.2, 0) is 0 Å². The van der Waals surface area contributed by atoms with E-state index in [4.69, 9.17) is 19.4 Å². The number of benzene rings is 8. The highest BCUT2D eigenvalue weighted by molar-refractivity contribution is 6.22. The summed E-state index contributed by atoms with van der Waals surface area (Å²) >= 11 is 0. The van der Waals surface area contributed by atoms with Gasteiger partial charge in [-0.25, -0.2) is 15.0 Å². The number of furan rings is 1. The summed E-state index contributed by atoms with van der Waals surface area (Å²) in [6.45, 7) is 0. The van der Waals surface area contributed by atoms with Crippen LogP contribution in [0.2, 0.25) is 0 Å². The van der Waals surface area contributed by atoms with Crippen LogP contribution < -0.4 is 0 Å². The molecule has 0 fully saturated rings. The lowest BCUT2D eigenvalue weighted by atomic mass is 9.95. The Kier molecular flexibility index (Phi) is 6.78. The molecule has 0 saturated carbocycles. The van der Waals surface area contributed by atoms with Gasteiger partial charge in [-0.15, -0.1) is 0 Å². The van der Waals surface area contributed by atoms with Crippen LogP contribution in [0.4, 0.5) is 0 Å². The first-order valence-corrected chi connectivity index (χ1v) is 17.1. The van der Waals surface area contributed by atoms with Crippen molar-refractivity contribution in [3.8, 4) is 56.4 Å². The monoisotopic (exact) mass is 651 g/mol. The summed E-state index contributed by atoms with van der Waals surface area (Å²) in [7, 11) is 0. The van der Waals surface area contributed by atoms with Crippen LogP contribution in [0.15, 0.2) is 180 Å². The molecule has 0 spiro atoms. The Balaban J connectivity index is 1.12. The second-order valence-electron chi connectivity index (χ2n) is 12.8. The van der Waals surface area contributed by atoms with Gasteiger partial charge < -0.3 is 4.42 Å². The molecule has 0 N–H and O–H groups in total. The molecule has 8 aromatic carbocycles. The molecule has 0 amide bonds. The van der Waals surface area contributed by atoms with Crippen molar-refractivity contribution in [1.29, 1.82) is 0 Å². The van der Waals surface area contributed by atoms with E-state index in [2.05, 4.69) is 133 Å². The zero-order valence-electron chi connectivity index (χ0n) is 27.5. The summed E-state index contributed by atoms with van der Waals surface area (Å²) in [5, 5.41) is 6.83. The molecule has 2 aromatic heterocycles. The number of fused-ring (bicyclic) bond motifs is 6. The molecule has 0 aliphatic rings. The average molecular weight is 652 g/mol. The van der Waals surface area contributed by atoms with Crippen molar-refractivity contribution in [2.24, 2.45) is 0 Å². The van der Waals surface area contributed by atoms with Gasteiger partial charge in [-0.05, 0) is 74.1 Å². The first kappa shape index (κ1) is 29.0. The summed E-state index contributed by atoms with van der Waals surface area (Å²) in [5.41, 5.74) is 9.07. The molecular formula is C47H29N3O. The second kappa shape index (κ2) is 11.9. The Bertz CT molecular complexity index is 2900. The number of hydrogen-bond acceptors (Lipinski definition) is 4. The fourth-order valence-corrected chi connectivity index (χ4v) is 7.18. The summed E-state index contributed by atoms with van der Waals surface area (Å²) in [5.74, 6) is 1.84. The van der Waals surface area contributed by atoms with E-state index < -0.39 is 0 Å². The quantitative estimate of drug-likeness (QED) is 0.186. The topological polar surface area (TPSA) is 51.8 Å². The van der Waals surface area contributed by atoms with Crippen LogP contribution in [0.5, 0.6) is 0 Å². The third-order valence-corrected chi connectivity index (χ3v) is 9.70. The third kappa shape index (κ3) is 5.13. The molecule has 0 saturated heterocycles. The lowest BCUT2D eigenvalue weighted by Crippen LogP contribution is -2.00. The molecule has 4 nitrogen and oxygen atoms in total. The van der Waals surface area contributed by atoms with Crippen molar-refractivity contribution < 1.29 is 4.42 Å². The van der Waals surface area contributed by atoms with Gasteiger partial charge in [0.2, 0.25) is 0 Å². The smallest absolute Gasteiger partial charge is 0.164 e. The van der Waals surface area contributed by atoms with E-state index in [9.17, 15) is 0 Å². The molecule has 238 valence electrons. The van der Waals surface area contributed by atoms with E-state index in [1.807, 2.05) is 42.5 Å². The molecule has 0 aliphatic carbocycles. The third-order valence-electron chi connectivity index (χ3n) is 9.70. The van der Waals surface area contributed by atoms with Gasteiger partial charge in [0.05, 0.1) is 0 Å². The Morgan fingerprint density at radius 1 is 0.314 bits per heavy atom. The van der Waals surface area contributed by atoms with E-state index in [-0.39, 0.29) is 0 Å². The molecule has 51 heavy (non-hydrogen) atoms. The van der Waals surface area contributed by atoms with Crippen molar-refractivity contribution in [3.63, 3.8) is 0 Å². The maximum atomic E-state index is 6.63. The SMILES string of the molecule is c1ccc(-c2ccc3cc(-c4nc(-c5ccccc5)nc(-c5ccc6c(c5)oc5cc(-c7ccccc7)c7ccccc7c56)n4)ccc3c2)cc1. The second-order valence-corrected chi connectivity index (χ2v) is 12.8. The van der Waals surface area contributed by atoms with Crippen molar-refractivity contribution in [2.75, 3.05) is 0 Å². The van der Waals surface area contributed by atoms with Crippen molar-refractivity contribution in [3.05, 3.63) is 176 Å². The van der Waals surface area contributed by atoms with E-state index in [0.717, 1.165) is 60.5 Å². The predicted octanol–water partition coefficient (Wildman–Crippen LogP) is 12.4. The number of hydrogen-bond donors (Lipinski definition) is 0. The van der Waals surface area contributed by atoms with Crippen molar-refractivity contribution >= 4 is 43.5 Å². The first-order valence-electron chi connectivity index (χ1n) is 17.1. The van der Waals surface area contributed by atoms with E-state index in [1.54, 1.807) is 0 Å². The fraction of sp³-hybridized carbons (Fsp3) is 0. The van der Waals surface area contributed by atoms with Crippen LogP contribution in [0.1, 0.15) is 0 Å². The van der Waals surface area contributed by atoms with Crippen LogP contribution in [0, 0.1) is 0 Å². The lowest BCUT2D eigenvalue weighted by molar-refractivity contribution is 0.669. The lowest BCUT2D eigenvalue weighted by Gasteiger charge is -2.10. The standard InChI is InChI=1S/C47H29N3O/c1-4-12-30(13-5-1)33-20-21-35-27-36(23-22-34(35)26-33)46-48-45(32-16-8-3-9-17-32)49-47(50-46)37-24-25-40-42(28-37)51-43-29-41(31-14-6-2-7-15-31)38-18-10-11-19-39(38)44(40)43/h1-29H. The zero-order valence-corrected chi connectivity index (χ0v) is 27.5. The highest BCUT2D eigenvalue weighted by Gasteiger charge is 2.18. The van der Waals surface area contributed by atoms with Gasteiger partial charge in [-0.1, -0.05) is 146 Å².